The molecule has 1 amide bonds. The number of hydrogen-bond donors (Lipinski definition) is 1. The molecule has 3 aromatic rings. The van der Waals surface area contributed by atoms with Gasteiger partial charge in [0.2, 0.25) is 0 Å². The lowest BCUT2D eigenvalue weighted by Gasteiger charge is -2.04. The maximum absolute atomic E-state index is 12.2. The van der Waals surface area contributed by atoms with Gasteiger partial charge in [-0.05, 0) is 53.1 Å². The van der Waals surface area contributed by atoms with E-state index in [1.165, 1.54) is 22.5 Å². The minimum Gasteiger partial charge on any atom is -0.312 e. The van der Waals surface area contributed by atoms with E-state index in [4.69, 9.17) is 0 Å². The van der Waals surface area contributed by atoms with E-state index in [0.29, 0.717) is 5.56 Å². The summed E-state index contributed by atoms with van der Waals surface area (Å²) in [5, 5.41) is 14.5. The lowest BCUT2D eigenvalue weighted by molar-refractivity contribution is 0.102. The van der Waals surface area contributed by atoms with Crippen molar-refractivity contribution in [1.29, 1.82) is 0 Å². The number of benzene rings is 1. The summed E-state index contributed by atoms with van der Waals surface area (Å²) in [6.45, 7) is 1.88. The van der Waals surface area contributed by atoms with Gasteiger partial charge in [0.05, 0.1) is 11.4 Å². The normalized spacial score (nSPS) is 10.4. The Morgan fingerprint density at radius 2 is 2.25 bits per heavy atom. The Morgan fingerprint density at radius 3 is 2.95 bits per heavy atom. The molecule has 2 aromatic heterocycles. The third-order valence-corrected chi connectivity index (χ3v) is 3.38. The van der Waals surface area contributed by atoms with Crippen molar-refractivity contribution < 1.29 is 4.79 Å². The van der Waals surface area contributed by atoms with E-state index in [1.807, 2.05) is 19.1 Å². The van der Waals surface area contributed by atoms with Gasteiger partial charge in [-0.15, -0.1) is 5.10 Å². The molecular weight excluding hydrogens is 276 g/mol. The van der Waals surface area contributed by atoms with Crippen molar-refractivity contribution in [3.05, 3.63) is 47.9 Å². The second-order valence-electron chi connectivity index (χ2n) is 4.09. The van der Waals surface area contributed by atoms with Crippen LogP contribution in [0.4, 0.5) is 5.00 Å². The van der Waals surface area contributed by atoms with Crippen molar-refractivity contribution in [3.63, 3.8) is 0 Å². The Labute approximate surface area is 118 Å². The van der Waals surface area contributed by atoms with Crippen molar-refractivity contribution in [1.82, 2.24) is 24.6 Å². The fraction of sp³-hybridized carbons (Fsp3) is 0.0833. The maximum atomic E-state index is 12.2. The van der Waals surface area contributed by atoms with Crippen LogP contribution in [0.3, 0.4) is 0 Å². The molecule has 3 rings (SSSR count). The summed E-state index contributed by atoms with van der Waals surface area (Å²) in [6, 6.07) is 8.89. The molecule has 0 aliphatic heterocycles. The zero-order valence-electron chi connectivity index (χ0n) is 10.5. The molecular formula is C12H10N6OS. The zero-order chi connectivity index (χ0) is 13.9. The number of nitrogens with one attached hydrogen (secondary N) is 1. The summed E-state index contributed by atoms with van der Waals surface area (Å²) in [5.41, 5.74) is 2.14. The van der Waals surface area contributed by atoms with Crippen LogP contribution in [0, 0.1) is 6.92 Å². The molecule has 1 N–H and O–H groups in total. The molecule has 0 radical (unpaired) electrons. The molecule has 0 saturated heterocycles. The van der Waals surface area contributed by atoms with Crippen LogP contribution in [0.2, 0.25) is 0 Å². The van der Waals surface area contributed by atoms with Gasteiger partial charge >= 0.3 is 0 Å². The maximum Gasteiger partial charge on any atom is 0.256 e. The number of carbonyl (C=O) groups excluding carboxylic acids is 1. The zero-order valence-corrected chi connectivity index (χ0v) is 11.3. The van der Waals surface area contributed by atoms with Crippen molar-refractivity contribution in [3.8, 4) is 5.69 Å². The first-order valence-electron chi connectivity index (χ1n) is 5.80. The lowest BCUT2D eigenvalue weighted by atomic mass is 10.2. The Balaban J connectivity index is 1.83. The molecule has 2 heterocycles. The van der Waals surface area contributed by atoms with Crippen LogP contribution in [0.15, 0.2) is 36.7 Å². The Kier molecular flexibility index (Phi) is 3.21. The van der Waals surface area contributed by atoms with Crippen molar-refractivity contribution in [2.24, 2.45) is 0 Å². The molecule has 0 bridgehead atoms. The third-order valence-electron chi connectivity index (χ3n) is 2.59. The molecule has 8 heteroatoms. The van der Waals surface area contributed by atoms with E-state index in [9.17, 15) is 4.79 Å². The van der Waals surface area contributed by atoms with E-state index >= 15 is 0 Å². The first-order chi connectivity index (χ1) is 9.72. The summed E-state index contributed by atoms with van der Waals surface area (Å²) >= 11 is 1.25. The van der Waals surface area contributed by atoms with Crippen LogP contribution in [-0.4, -0.2) is 30.5 Å². The number of hydrogen-bond acceptors (Lipinski definition) is 6. The van der Waals surface area contributed by atoms with Gasteiger partial charge in [-0.25, -0.2) is 4.68 Å². The monoisotopic (exact) mass is 286 g/mol. The number of nitrogens with zero attached hydrogens (tertiary/aromatic N) is 5. The number of tetrazole rings is 1. The predicted octanol–water partition coefficient (Wildman–Crippen LogP) is 1.68. The number of carbonyl (C=O) groups is 1. The summed E-state index contributed by atoms with van der Waals surface area (Å²) in [7, 11) is 0. The summed E-state index contributed by atoms with van der Waals surface area (Å²) in [4.78, 5) is 12.2. The van der Waals surface area contributed by atoms with Gasteiger partial charge in [-0.2, -0.15) is 4.37 Å². The van der Waals surface area contributed by atoms with Gasteiger partial charge in [0, 0.05) is 5.56 Å². The first kappa shape index (κ1) is 12.4. The van der Waals surface area contributed by atoms with Gasteiger partial charge in [0.25, 0.3) is 5.91 Å². The second-order valence-corrected chi connectivity index (χ2v) is 4.90. The molecule has 0 unspecified atom stereocenters. The Morgan fingerprint density at radius 1 is 1.35 bits per heavy atom. The van der Waals surface area contributed by atoms with Gasteiger partial charge in [-0.1, -0.05) is 6.07 Å². The minimum absolute atomic E-state index is 0.191. The average molecular weight is 286 g/mol. The Hall–Kier alpha value is -2.61. The molecule has 0 spiro atoms. The highest BCUT2D eigenvalue weighted by Crippen LogP contribution is 2.17. The summed E-state index contributed by atoms with van der Waals surface area (Å²) in [5.74, 6) is -0.191. The molecule has 0 atom stereocenters. The van der Waals surface area contributed by atoms with E-state index in [1.54, 1.807) is 18.2 Å². The number of anilines is 1. The van der Waals surface area contributed by atoms with Crippen LogP contribution >= 0.6 is 11.5 Å². The molecule has 0 aliphatic rings. The highest BCUT2D eigenvalue weighted by atomic mass is 32.1. The molecule has 0 fully saturated rings. The van der Waals surface area contributed by atoms with Crippen molar-refractivity contribution >= 4 is 22.4 Å². The number of aromatic nitrogens is 5. The van der Waals surface area contributed by atoms with Crippen LogP contribution in [0.25, 0.3) is 5.69 Å². The number of rotatable bonds is 3. The van der Waals surface area contributed by atoms with Crippen LogP contribution in [-0.2, 0) is 0 Å². The van der Waals surface area contributed by atoms with Crippen LogP contribution in [0.1, 0.15) is 16.1 Å². The molecule has 7 nitrogen and oxygen atoms in total. The number of amides is 1. The molecule has 20 heavy (non-hydrogen) atoms. The fourth-order valence-corrected chi connectivity index (χ4v) is 2.33. The first-order valence-corrected chi connectivity index (χ1v) is 6.58. The molecule has 0 saturated carbocycles. The van der Waals surface area contributed by atoms with E-state index < -0.39 is 0 Å². The highest BCUT2D eigenvalue weighted by Gasteiger charge is 2.09. The quantitative estimate of drug-likeness (QED) is 0.791. The van der Waals surface area contributed by atoms with Crippen molar-refractivity contribution in [2.45, 2.75) is 6.92 Å². The van der Waals surface area contributed by atoms with E-state index in [-0.39, 0.29) is 5.91 Å². The molecule has 1 aromatic carbocycles. The van der Waals surface area contributed by atoms with Gasteiger partial charge in [0.1, 0.15) is 11.3 Å². The largest absolute Gasteiger partial charge is 0.312 e. The molecule has 100 valence electrons. The summed E-state index contributed by atoms with van der Waals surface area (Å²) < 4.78 is 5.61. The van der Waals surface area contributed by atoms with Gasteiger partial charge < -0.3 is 5.32 Å². The van der Waals surface area contributed by atoms with E-state index in [0.717, 1.165) is 16.4 Å². The Bertz CT molecular complexity index is 736. The summed E-state index contributed by atoms with van der Waals surface area (Å²) in [6.07, 6.45) is 1.48. The third kappa shape index (κ3) is 2.54. The average Bonchev–Trinajstić information content (AvgIpc) is 3.11. The SMILES string of the molecule is Cc1cc(NC(=O)c2cccc(-n3cnnn3)c2)sn1. The highest BCUT2D eigenvalue weighted by molar-refractivity contribution is 7.10. The topological polar surface area (TPSA) is 85.6 Å². The molecule has 0 aliphatic carbocycles. The minimum atomic E-state index is -0.191. The van der Waals surface area contributed by atoms with Crippen LogP contribution in [0.5, 0.6) is 0 Å². The number of aryl methyl sites for hydroxylation is 1. The van der Waals surface area contributed by atoms with Gasteiger partial charge in [-0.3, -0.25) is 4.79 Å². The van der Waals surface area contributed by atoms with Crippen LogP contribution < -0.4 is 5.32 Å². The predicted molar refractivity (Wildman–Crippen MR) is 74.0 cm³/mol. The van der Waals surface area contributed by atoms with Gasteiger partial charge in [0.15, 0.2) is 0 Å². The fourth-order valence-electron chi connectivity index (χ4n) is 1.68. The smallest absolute Gasteiger partial charge is 0.256 e. The second kappa shape index (κ2) is 5.17. The van der Waals surface area contributed by atoms with Crippen molar-refractivity contribution in [2.75, 3.05) is 5.32 Å². The van der Waals surface area contributed by atoms with E-state index in [2.05, 4.69) is 25.2 Å². The lowest BCUT2D eigenvalue weighted by Crippen LogP contribution is -2.11. The standard InChI is InChI=1S/C12H10N6OS/c1-8-5-11(20-15-8)14-12(19)9-3-2-4-10(6-9)18-7-13-16-17-18/h2-7H,1H3,(H,14,19).